The number of carbonyl (C=O) groups excluding carboxylic acids is 2. The quantitative estimate of drug-likeness (QED) is 0.759. The standard InChI is InChI=1S/C20H29ClN2O4/c1-20(2,3)27-19(25)23-11-9-15(10-12-23)13-22(4)18(24)14-26-17-7-5-16(21)6-8-17/h5-8,15H,9-14H2,1-4H3. The Bertz CT molecular complexity index is 634. The monoisotopic (exact) mass is 396 g/mol. The minimum Gasteiger partial charge on any atom is -0.484 e. The van der Waals surface area contributed by atoms with Crippen LogP contribution in [-0.4, -0.2) is 60.7 Å². The van der Waals surface area contributed by atoms with Gasteiger partial charge in [-0.3, -0.25) is 4.79 Å². The van der Waals surface area contributed by atoms with Crippen molar-refractivity contribution in [3.05, 3.63) is 29.3 Å². The van der Waals surface area contributed by atoms with E-state index in [1.54, 1.807) is 41.1 Å². The van der Waals surface area contributed by atoms with Crippen LogP contribution in [0.2, 0.25) is 5.02 Å². The maximum Gasteiger partial charge on any atom is 0.410 e. The Kier molecular flexibility index (Phi) is 7.36. The minimum absolute atomic E-state index is 0.00507. The third-order valence-electron chi connectivity index (χ3n) is 4.40. The maximum atomic E-state index is 12.3. The number of nitrogens with zero attached hydrogens (tertiary/aromatic N) is 2. The van der Waals surface area contributed by atoms with Gasteiger partial charge in [0.05, 0.1) is 0 Å². The topological polar surface area (TPSA) is 59.1 Å². The van der Waals surface area contributed by atoms with E-state index in [1.165, 1.54) is 0 Å². The molecule has 7 heteroatoms. The van der Waals surface area contributed by atoms with Crippen LogP contribution in [0.5, 0.6) is 5.75 Å². The molecule has 27 heavy (non-hydrogen) atoms. The molecule has 0 aromatic heterocycles. The van der Waals surface area contributed by atoms with Crippen LogP contribution in [0.25, 0.3) is 0 Å². The number of likely N-dealkylation sites (tertiary alicyclic amines) is 1. The van der Waals surface area contributed by atoms with E-state index in [9.17, 15) is 9.59 Å². The third-order valence-corrected chi connectivity index (χ3v) is 4.65. The average Bonchev–Trinajstić information content (AvgIpc) is 2.60. The van der Waals surface area contributed by atoms with Crippen molar-refractivity contribution < 1.29 is 19.1 Å². The molecular formula is C20H29ClN2O4. The van der Waals surface area contributed by atoms with E-state index in [0.29, 0.717) is 36.3 Å². The third kappa shape index (κ3) is 7.29. The molecule has 0 atom stereocenters. The number of likely N-dealkylation sites (N-methyl/N-ethyl adjacent to an activating group) is 1. The Hall–Kier alpha value is -1.95. The highest BCUT2D eigenvalue weighted by Crippen LogP contribution is 2.21. The van der Waals surface area contributed by atoms with Crippen LogP contribution >= 0.6 is 11.6 Å². The zero-order valence-corrected chi connectivity index (χ0v) is 17.3. The Morgan fingerprint density at radius 2 is 1.78 bits per heavy atom. The number of piperidine rings is 1. The molecule has 0 unspecified atom stereocenters. The van der Waals surface area contributed by atoms with Crippen molar-refractivity contribution in [2.24, 2.45) is 5.92 Å². The Labute approximate surface area is 166 Å². The lowest BCUT2D eigenvalue weighted by Gasteiger charge is -2.34. The van der Waals surface area contributed by atoms with Gasteiger partial charge in [0.1, 0.15) is 11.4 Å². The summed E-state index contributed by atoms with van der Waals surface area (Å²) in [5.74, 6) is 0.916. The summed E-state index contributed by atoms with van der Waals surface area (Å²) in [5.41, 5.74) is -0.481. The number of halogens is 1. The highest BCUT2D eigenvalue weighted by molar-refractivity contribution is 6.30. The molecule has 1 aromatic carbocycles. The van der Waals surface area contributed by atoms with Crippen molar-refractivity contribution in [2.45, 2.75) is 39.2 Å². The normalized spacial score (nSPS) is 15.4. The van der Waals surface area contributed by atoms with Crippen molar-refractivity contribution in [2.75, 3.05) is 33.3 Å². The fourth-order valence-corrected chi connectivity index (χ4v) is 3.03. The van der Waals surface area contributed by atoms with Crippen LogP contribution in [0.15, 0.2) is 24.3 Å². The van der Waals surface area contributed by atoms with E-state index in [0.717, 1.165) is 12.8 Å². The maximum absolute atomic E-state index is 12.3. The van der Waals surface area contributed by atoms with Crippen LogP contribution in [0.1, 0.15) is 33.6 Å². The molecule has 1 aromatic rings. The van der Waals surface area contributed by atoms with Gasteiger partial charge in [-0.2, -0.15) is 0 Å². The Balaban J connectivity index is 1.71. The van der Waals surface area contributed by atoms with E-state index in [2.05, 4.69) is 0 Å². The molecule has 0 aliphatic carbocycles. The first-order valence-corrected chi connectivity index (χ1v) is 9.62. The van der Waals surface area contributed by atoms with Gasteiger partial charge >= 0.3 is 6.09 Å². The van der Waals surface area contributed by atoms with Crippen molar-refractivity contribution in [1.82, 2.24) is 9.80 Å². The largest absolute Gasteiger partial charge is 0.484 e. The fraction of sp³-hybridized carbons (Fsp3) is 0.600. The molecule has 1 saturated heterocycles. The molecular weight excluding hydrogens is 368 g/mol. The van der Waals surface area contributed by atoms with Gasteiger partial charge in [0.2, 0.25) is 0 Å². The molecule has 0 bridgehead atoms. The molecule has 1 heterocycles. The molecule has 2 rings (SSSR count). The molecule has 0 saturated carbocycles. The number of ether oxygens (including phenoxy) is 2. The van der Waals surface area contributed by atoms with E-state index >= 15 is 0 Å². The number of hydrogen-bond donors (Lipinski definition) is 0. The molecule has 1 aliphatic heterocycles. The zero-order chi connectivity index (χ0) is 20.0. The lowest BCUT2D eigenvalue weighted by atomic mass is 9.96. The van der Waals surface area contributed by atoms with Crippen molar-refractivity contribution >= 4 is 23.6 Å². The first-order chi connectivity index (χ1) is 12.6. The van der Waals surface area contributed by atoms with Gasteiger partial charge in [0.25, 0.3) is 5.91 Å². The van der Waals surface area contributed by atoms with Gasteiger partial charge < -0.3 is 19.3 Å². The predicted molar refractivity (Wildman–Crippen MR) is 105 cm³/mol. The summed E-state index contributed by atoms with van der Waals surface area (Å²) in [4.78, 5) is 27.8. The Morgan fingerprint density at radius 3 is 2.33 bits per heavy atom. The van der Waals surface area contributed by atoms with Gasteiger partial charge in [-0.1, -0.05) is 11.6 Å². The summed E-state index contributed by atoms with van der Waals surface area (Å²) in [5, 5.41) is 0.628. The predicted octanol–water partition coefficient (Wildman–Crippen LogP) is 3.82. The first kappa shape index (κ1) is 21.4. The van der Waals surface area contributed by atoms with Crippen molar-refractivity contribution in [3.8, 4) is 5.75 Å². The highest BCUT2D eigenvalue weighted by atomic mass is 35.5. The minimum atomic E-state index is -0.481. The average molecular weight is 397 g/mol. The number of benzene rings is 1. The molecule has 6 nitrogen and oxygen atoms in total. The Morgan fingerprint density at radius 1 is 1.19 bits per heavy atom. The van der Waals surface area contributed by atoms with Crippen LogP contribution < -0.4 is 4.74 Å². The van der Waals surface area contributed by atoms with Crippen LogP contribution in [0, 0.1) is 5.92 Å². The lowest BCUT2D eigenvalue weighted by molar-refractivity contribution is -0.132. The smallest absolute Gasteiger partial charge is 0.410 e. The van der Waals surface area contributed by atoms with Gasteiger partial charge in [-0.05, 0) is 63.8 Å². The second-order valence-corrected chi connectivity index (χ2v) is 8.36. The SMILES string of the molecule is CN(CC1CCN(C(=O)OC(C)(C)C)CC1)C(=O)COc1ccc(Cl)cc1. The highest BCUT2D eigenvalue weighted by Gasteiger charge is 2.27. The van der Waals surface area contributed by atoms with Gasteiger partial charge in [-0.25, -0.2) is 4.79 Å². The summed E-state index contributed by atoms with van der Waals surface area (Å²) in [6, 6.07) is 6.93. The number of amides is 2. The van der Waals surface area contributed by atoms with E-state index in [4.69, 9.17) is 21.1 Å². The number of carbonyl (C=O) groups is 2. The second-order valence-electron chi connectivity index (χ2n) is 7.93. The van der Waals surface area contributed by atoms with Crippen LogP contribution in [0.4, 0.5) is 4.79 Å². The number of rotatable bonds is 5. The molecule has 1 aliphatic rings. The second kappa shape index (κ2) is 9.31. The van der Waals surface area contributed by atoms with E-state index in [-0.39, 0.29) is 18.6 Å². The molecule has 1 fully saturated rings. The first-order valence-electron chi connectivity index (χ1n) is 9.24. The molecule has 0 radical (unpaired) electrons. The van der Waals surface area contributed by atoms with Crippen molar-refractivity contribution in [3.63, 3.8) is 0 Å². The van der Waals surface area contributed by atoms with Crippen molar-refractivity contribution in [1.29, 1.82) is 0 Å². The summed E-state index contributed by atoms with van der Waals surface area (Å²) in [6.07, 6.45) is 1.45. The summed E-state index contributed by atoms with van der Waals surface area (Å²) in [7, 11) is 1.79. The lowest BCUT2D eigenvalue weighted by Crippen LogP contribution is -2.44. The summed E-state index contributed by atoms with van der Waals surface area (Å²) in [6.45, 7) is 7.56. The van der Waals surface area contributed by atoms with Gasteiger partial charge in [-0.15, -0.1) is 0 Å². The molecule has 150 valence electrons. The van der Waals surface area contributed by atoms with Gasteiger partial charge in [0, 0.05) is 31.7 Å². The molecule has 2 amide bonds. The molecule has 0 N–H and O–H groups in total. The van der Waals surface area contributed by atoms with Gasteiger partial charge in [0.15, 0.2) is 6.61 Å². The molecule has 0 spiro atoms. The van der Waals surface area contributed by atoms with Crippen LogP contribution in [0.3, 0.4) is 0 Å². The number of hydrogen-bond acceptors (Lipinski definition) is 4. The summed E-state index contributed by atoms with van der Waals surface area (Å²) < 4.78 is 10.9. The summed E-state index contributed by atoms with van der Waals surface area (Å²) >= 11 is 5.83. The van der Waals surface area contributed by atoms with Crippen LogP contribution in [-0.2, 0) is 9.53 Å². The van der Waals surface area contributed by atoms with E-state index < -0.39 is 5.60 Å². The van der Waals surface area contributed by atoms with E-state index in [1.807, 2.05) is 20.8 Å². The fourth-order valence-electron chi connectivity index (χ4n) is 2.90. The zero-order valence-electron chi connectivity index (χ0n) is 16.5.